The lowest BCUT2D eigenvalue weighted by Crippen LogP contribution is -2.52. The molecule has 0 aromatic heterocycles. The van der Waals surface area contributed by atoms with Crippen LogP contribution < -0.4 is 9.62 Å². The maximum Gasteiger partial charge on any atom is 0.243 e. The summed E-state index contributed by atoms with van der Waals surface area (Å²) in [5.74, 6) is -2.72. The first-order chi connectivity index (χ1) is 11.6. The van der Waals surface area contributed by atoms with Crippen LogP contribution in [0.25, 0.3) is 0 Å². The molecule has 1 aromatic carbocycles. The van der Waals surface area contributed by atoms with E-state index in [4.69, 9.17) is 0 Å². The van der Waals surface area contributed by atoms with Gasteiger partial charge in [0.2, 0.25) is 15.9 Å². The Morgan fingerprint density at radius 1 is 1.28 bits per heavy atom. The fraction of sp³-hybridized carbons (Fsp3) is 0.562. The van der Waals surface area contributed by atoms with E-state index in [9.17, 15) is 22.0 Å². The summed E-state index contributed by atoms with van der Waals surface area (Å²) in [6, 6.07) is 1.64. The number of carbonyl (C=O) groups excluding carboxylic acids is 1. The van der Waals surface area contributed by atoms with Crippen molar-refractivity contribution in [3.63, 3.8) is 0 Å². The summed E-state index contributed by atoms with van der Waals surface area (Å²) in [6.07, 6.45) is 2.48. The fourth-order valence-corrected chi connectivity index (χ4v) is 4.07. The molecule has 140 valence electrons. The average Bonchev–Trinajstić information content (AvgIpc) is 2.51. The molecule has 0 radical (unpaired) electrons. The maximum atomic E-state index is 13.5. The highest BCUT2D eigenvalue weighted by atomic mass is 32.2. The summed E-state index contributed by atoms with van der Waals surface area (Å²) in [5.41, 5.74) is -0.0903. The van der Waals surface area contributed by atoms with Crippen LogP contribution in [0.4, 0.5) is 14.5 Å². The van der Waals surface area contributed by atoms with Gasteiger partial charge < -0.3 is 10.2 Å². The average molecular weight is 375 g/mol. The third-order valence-electron chi connectivity index (χ3n) is 4.31. The zero-order valence-corrected chi connectivity index (χ0v) is 15.3. The smallest absolute Gasteiger partial charge is 0.243 e. The van der Waals surface area contributed by atoms with E-state index < -0.39 is 33.6 Å². The standard InChI is InChI=1S/C16H23F2N3O3S/c1-11(16(22)19-12-6-8-20(2)9-7-12)21(25(3,23)24)13-4-5-14(17)15(18)10-13/h4-5,10-12H,6-9H2,1-3H3,(H,19,22). The minimum Gasteiger partial charge on any atom is -0.351 e. The van der Waals surface area contributed by atoms with Crippen LogP contribution in [-0.2, 0) is 14.8 Å². The number of hydrogen-bond donors (Lipinski definition) is 1. The minimum atomic E-state index is -3.87. The van der Waals surface area contributed by atoms with Crippen LogP contribution in [-0.4, -0.2) is 57.7 Å². The van der Waals surface area contributed by atoms with Crippen molar-refractivity contribution in [3.05, 3.63) is 29.8 Å². The molecule has 1 N–H and O–H groups in total. The Kier molecular flexibility index (Phi) is 5.99. The van der Waals surface area contributed by atoms with Crippen LogP contribution in [0.2, 0.25) is 0 Å². The van der Waals surface area contributed by atoms with Crippen molar-refractivity contribution in [2.24, 2.45) is 0 Å². The van der Waals surface area contributed by atoms with E-state index >= 15 is 0 Å². The molecule has 0 bridgehead atoms. The lowest BCUT2D eigenvalue weighted by atomic mass is 10.1. The van der Waals surface area contributed by atoms with Crippen LogP contribution in [0.5, 0.6) is 0 Å². The first-order valence-corrected chi connectivity index (χ1v) is 9.88. The van der Waals surface area contributed by atoms with Crippen molar-refractivity contribution in [1.29, 1.82) is 0 Å². The Morgan fingerprint density at radius 3 is 2.40 bits per heavy atom. The van der Waals surface area contributed by atoms with Crippen LogP contribution >= 0.6 is 0 Å². The third kappa shape index (κ3) is 4.88. The van der Waals surface area contributed by atoms with Crippen molar-refractivity contribution < 1.29 is 22.0 Å². The molecule has 1 heterocycles. The van der Waals surface area contributed by atoms with Gasteiger partial charge in [0, 0.05) is 12.1 Å². The van der Waals surface area contributed by atoms with Crippen molar-refractivity contribution in [2.45, 2.75) is 31.8 Å². The van der Waals surface area contributed by atoms with Crippen molar-refractivity contribution in [1.82, 2.24) is 10.2 Å². The number of anilines is 1. The highest BCUT2D eigenvalue weighted by Crippen LogP contribution is 2.23. The van der Waals surface area contributed by atoms with Crippen LogP contribution in [0.1, 0.15) is 19.8 Å². The number of benzene rings is 1. The first-order valence-electron chi connectivity index (χ1n) is 8.03. The summed E-state index contributed by atoms with van der Waals surface area (Å²) in [7, 11) is -1.87. The summed E-state index contributed by atoms with van der Waals surface area (Å²) < 4.78 is 51.7. The largest absolute Gasteiger partial charge is 0.351 e. The van der Waals surface area contributed by atoms with Gasteiger partial charge in [-0.05, 0) is 52.0 Å². The molecule has 2 rings (SSSR count). The van der Waals surface area contributed by atoms with Gasteiger partial charge in [-0.15, -0.1) is 0 Å². The summed E-state index contributed by atoms with van der Waals surface area (Å²) in [6.45, 7) is 3.11. The van der Waals surface area contributed by atoms with E-state index in [0.29, 0.717) is 0 Å². The Hall–Kier alpha value is -1.74. The van der Waals surface area contributed by atoms with Gasteiger partial charge in [-0.2, -0.15) is 0 Å². The van der Waals surface area contributed by atoms with E-state index in [1.807, 2.05) is 7.05 Å². The molecular weight excluding hydrogens is 352 g/mol. The number of amides is 1. The molecule has 1 atom stereocenters. The summed E-state index contributed by atoms with van der Waals surface area (Å²) >= 11 is 0. The molecule has 25 heavy (non-hydrogen) atoms. The van der Waals surface area contributed by atoms with Gasteiger partial charge in [0.25, 0.3) is 0 Å². The second-order valence-electron chi connectivity index (χ2n) is 6.42. The molecule has 1 amide bonds. The van der Waals surface area contributed by atoms with E-state index in [2.05, 4.69) is 10.2 Å². The molecule has 1 saturated heterocycles. The second-order valence-corrected chi connectivity index (χ2v) is 8.28. The summed E-state index contributed by atoms with van der Waals surface area (Å²) in [5, 5.41) is 2.85. The molecule has 1 aliphatic rings. The quantitative estimate of drug-likeness (QED) is 0.843. The molecule has 6 nitrogen and oxygen atoms in total. The van der Waals surface area contributed by atoms with Crippen molar-refractivity contribution in [3.8, 4) is 0 Å². The number of piperidine rings is 1. The zero-order chi connectivity index (χ0) is 18.8. The van der Waals surface area contributed by atoms with E-state index in [-0.39, 0.29) is 11.7 Å². The Balaban J connectivity index is 2.19. The van der Waals surface area contributed by atoms with E-state index in [1.165, 1.54) is 6.92 Å². The minimum absolute atomic E-state index is 0.0301. The van der Waals surface area contributed by atoms with Gasteiger partial charge in [-0.25, -0.2) is 17.2 Å². The molecule has 0 aliphatic carbocycles. The predicted octanol–water partition coefficient (Wildman–Crippen LogP) is 1.33. The zero-order valence-electron chi connectivity index (χ0n) is 14.5. The van der Waals surface area contributed by atoms with Crippen molar-refractivity contribution >= 4 is 21.6 Å². The number of rotatable bonds is 5. The van der Waals surface area contributed by atoms with Crippen LogP contribution in [0.15, 0.2) is 18.2 Å². The normalized spacial score (nSPS) is 18.0. The molecule has 1 aromatic rings. The van der Waals surface area contributed by atoms with Gasteiger partial charge in [-0.3, -0.25) is 9.10 Å². The molecule has 0 spiro atoms. The number of halogens is 2. The molecule has 0 saturated carbocycles. The first kappa shape index (κ1) is 19.6. The van der Waals surface area contributed by atoms with Gasteiger partial charge >= 0.3 is 0 Å². The van der Waals surface area contributed by atoms with Gasteiger partial charge in [0.15, 0.2) is 11.6 Å². The predicted molar refractivity (Wildman–Crippen MR) is 91.8 cm³/mol. The highest BCUT2D eigenvalue weighted by Gasteiger charge is 2.31. The SMILES string of the molecule is CC(C(=O)NC1CCN(C)CC1)N(c1ccc(F)c(F)c1)S(C)(=O)=O. The molecule has 9 heteroatoms. The monoisotopic (exact) mass is 375 g/mol. The van der Waals surface area contributed by atoms with Gasteiger partial charge in [0.05, 0.1) is 11.9 Å². The van der Waals surface area contributed by atoms with E-state index in [0.717, 1.165) is 54.7 Å². The van der Waals surface area contributed by atoms with Crippen LogP contribution in [0, 0.1) is 11.6 Å². The lowest BCUT2D eigenvalue weighted by molar-refractivity contribution is -0.122. The molecular formula is C16H23F2N3O3S. The lowest BCUT2D eigenvalue weighted by Gasteiger charge is -2.33. The number of carbonyl (C=O) groups is 1. The Morgan fingerprint density at radius 2 is 1.88 bits per heavy atom. The number of likely N-dealkylation sites (tertiary alicyclic amines) is 1. The highest BCUT2D eigenvalue weighted by molar-refractivity contribution is 7.92. The third-order valence-corrected chi connectivity index (χ3v) is 5.55. The molecule has 1 unspecified atom stereocenters. The second kappa shape index (κ2) is 7.65. The van der Waals surface area contributed by atoms with Crippen molar-refractivity contribution in [2.75, 3.05) is 30.7 Å². The number of sulfonamides is 1. The molecule has 1 fully saturated rings. The number of hydrogen-bond acceptors (Lipinski definition) is 4. The fourth-order valence-electron chi connectivity index (χ4n) is 2.91. The number of nitrogens with zero attached hydrogens (tertiary/aromatic N) is 2. The number of nitrogens with one attached hydrogen (secondary N) is 1. The topological polar surface area (TPSA) is 69.7 Å². The van der Waals surface area contributed by atoms with Gasteiger partial charge in [0.1, 0.15) is 6.04 Å². The Labute approximate surface area is 146 Å². The summed E-state index contributed by atoms with van der Waals surface area (Å²) in [4.78, 5) is 14.7. The molecule has 1 aliphatic heterocycles. The van der Waals surface area contributed by atoms with Gasteiger partial charge in [-0.1, -0.05) is 0 Å². The maximum absolute atomic E-state index is 13.5. The Bertz CT molecular complexity index is 734. The van der Waals surface area contributed by atoms with Crippen LogP contribution in [0.3, 0.4) is 0 Å². The van der Waals surface area contributed by atoms with E-state index in [1.54, 1.807) is 0 Å².